The number of rotatable bonds is 4. The van der Waals surface area contributed by atoms with Gasteiger partial charge in [0, 0.05) is 49.8 Å². The fourth-order valence-electron chi connectivity index (χ4n) is 3.94. The van der Waals surface area contributed by atoms with Gasteiger partial charge in [0.15, 0.2) is 0 Å². The molecule has 2 heterocycles. The molecule has 0 saturated carbocycles. The SMILES string of the molecule is CN(C)C(=O)c1cccc(C2CCN(Cc3c[nH]c4ccccc34)C2)c1. The summed E-state index contributed by atoms with van der Waals surface area (Å²) in [6, 6.07) is 16.6. The minimum Gasteiger partial charge on any atom is -0.361 e. The molecule has 1 saturated heterocycles. The van der Waals surface area contributed by atoms with Gasteiger partial charge in [0.1, 0.15) is 0 Å². The zero-order chi connectivity index (χ0) is 18.1. The Balaban J connectivity index is 1.47. The van der Waals surface area contributed by atoms with Crippen LogP contribution in [0.1, 0.15) is 33.8 Å². The smallest absolute Gasteiger partial charge is 0.253 e. The Hall–Kier alpha value is -2.59. The molecule has 4 heteroatoms. The van der Waals surface area contributed by atoms with E-state index in [2.05, 4.69) is 52.5 Å². The van der Waals surface area contributed by atoms with Gasteiger partial charge in [-0.2, -0.15) is 0 Å². The van der Waals surface area contributed by atoms with Gasteiger partial charge in [0.05, 0.1) is 0 Å². The van der Waals surface area contributed by atoms with E-state index >= 15 is 0 Å². The molecule has 0 radical (unpaired) electrons. The summed E-state index contributed by atoms with van der Waals surface area (Å²) in [6.45, 7) is 3.10. The van der Waals surface area contributed by atoms with E-state index in [1.807, 2.05) is 12.1 Å². The number of para-hydroxylation sites is 1. The Kier molecular flexibility index (Phi) is 4.51. The van der Waals surface area contributed by atoms with Gasteiger partial charge >= 0.3 is 0 Å². The number of nitrogens with zero attached hydrogens (tertiary/aromatic N) is 2. The van der Waals surface area contributed by atoms with Gasteiger partial charge in [-0.05, 0) is 48.2 Å². The first-order chi connectivity index (χ1) is 12.6. The molecule has 1 atom stereocenters. The van der Waals surface area contributed by atoms with Gasteiger partial charge in [0.25, 0.3) is 5.91 Å². The fourth-order valence-corrected chi connectivity index (χ4v) is 3.94. The molecule has 4 nitrogen and oxygen atoms in total. The van der Waals surface area contributed by atoms with Crippen LogP contribution < -0.4 is 0 Å². The van der Waals surface area contributed by atoms with Crippen LogP contribution in [0.5, 0.6) is 0 Å². The molecule has 2 aromatic carbocycles. The highest BCUT2D eigenvalue weighted by atomic mass is 16.2. The summed E-state index contributed by atoms with van der Waals surface area (Å²) in [7, 11) is 3.60. The minimum absolute atomic E-state index is 0.0699. The molecule has 1 aliphatic rings. The monoisotopic (exact) mass is 347 g/mol. The Morgan fingerprint density at radius 2 is 2.04 bits per heavy atom. The molecule has 0 aliphatic carbocycles. The number of H-pyrrole nitrogens is 1. The molecule has 1 aliphatic heterocycles. The normalized spacial score (nSPS) is 17.7. The summed E-state index contributed by atoms with van der Waals surface area (Å²) >= 11 is 0. The first kappa shape index (κ1) is 16.9. The molecular formula is C22H25N3O. The Morgan fingerprint density at radius 1 is 1.19 bits per heavy atom. The van der Waals surface area contributed by atoms with E-state index in [9.17, 15) is 4.79 Å². The average molecular weight is 347 g/mol. The minimum atomic E-state index is 0.0699. The zero-order valence-electron chi connectivity index (χ0n) is 15.4. The number of hydrogen-bond donors (Lipinski definition) is 1. The number of nitrogens with one attached hydrogen (secondary N) is 1. The lowest BCUT2D eigenvalue weighted by molar-refractivity contribution is 0.0827. The second-order valence-corrected chi connectivity index (χ2v) is 7.41. The maximum atomic E-state index is 12.2. The molecule has 1 unspecified atom stereocenters. The maximum absolute atomic E-state index is 12.2. The van der Waals surface area contributed by atoms with Crippen molar-refractivity contribution in [2.24, 2.45) is 0 Å². The van der Waals surface area contributed by atoms with Gasteiger partial charge in [-0.3, -0.25) is 9.69 Å². The highest BCUT2D eigenvalue weighted by Crippen LogP contribution is 2.30. The third-order valence-electron chi connectivity index (χ3n) is 5.35. The second kappa shape index (κ2) is 6.96. The first-order valence-electron chi connectivity index (χ1n) is 9.21. The largest absolute Gasteiger partial charge is 0.361 e. The second-order valence-electron chi connectivity index (χ2n) is 7.41. The van der Waals surface area contributed by atoms with Gasteiger partial charge in [-0.25, -0.2) is 0 Å². The lowest BCUT2D eigenvalue weighted by Crippen LogP contribution is -2.22. The predicted octanol–water partition coefficient (Wildman–Crippen LogP) is 3.86. The van der Waals surface area contributed by atoms with Gasteiger partial charge in [-0.1, -0.05) is 30.3 Å². The van der Waals surface area contributed by atoms with E-state index < -0.39 is 0 Å². The summed E-state index contributed by atoms with van der Waals surface area (Å²) in [5, 5.41) is 1.31. The van der Waals surface area contributed by atoms with Crippen molar-refractivity contribution in [3.8, 4) is 0 Å². The van der Waals surface area contributed by atoms with Crippen molar-refractivity contribution in [1.82, 2.24) is 14.8 Å². The summed E-state index contributed by atoms with van der Waals surface area (Å²) in [4.78, 5) is 19.7. The summed E-state index contributed by atoms with van der Waals surface area (Å²) in [5.74, 6) is 0.565. The molecular weight excluding hydrogens is 322 g/mol. The van der Waals surface area contributed by atoms with Crippen molar-refractivity contribution < 1.29 is 4.79 Å². The molecule has 0 bridgehead atoms. The van der Waals surface area contributed by atoms with Crippen LogP contribution in [0, 0.1) is 0 Å². The van der Waals surface area contributed by atoms with Crippen LogP contribution in [-0.2, 0) is 6.54 Å². The molecule has 1 fully saturated rings. The summed E-state index contributed by atoms with van der Waals surface area (Å²) in [5.41, 5.74) is 4.62. The van der Waals surface area contributed by atoms with Crippen LogP contribution in [0.3, 0.4) is 0 Å². The Labute approximate surface area is 154 Å². The number of aromatic amines is 1. The van der Waals surface area contributed by atoms with Gasteiger partial charge in [-0.15, -0.1) is 0 Å². The van der Waals surface area contributed by atoms with E-state index in [4.69, 9.17) is 0 Å². The average Bonchev–Trinajstić information content (AvgIpc) is 3.29. The Bertz CT molecular complexity index is 928. The number of carbonyl (C=O) groups excluding carboxylic acids is 1. The van der Waals surface area contributed by atoms with Crippen molar-refractivity contribution in [1.29, 1.82) is 0 Å². The Morgan fingerprint density at radius 3 is 2.88 bits per heavy atom. The number of amides is 1. The quantitative estimate of drug-likeness (QED) is 0.778. The summed E-state index contributed by atoms with van der Waals surface area (Å²) in [6.07, 6.45) is 3.27. The molecule has 1 amide bonds. The van der Waals surface area contributed by atoms with E-state index in [1.54, 1.807) is 19.0 Å². The lowest BCUT2D eigenvalue weighted by Gasteiger charge is -2.17. The van der Waals surface area contributed by atoms with Crippen LogP contribution >= 0.6 is 0 Å². The van der Waals surface area contributed by atoms with Gasteiger partial charge in [0.2, 0.25) is 0 Å². The molecule has 1 N–H and O–H groups in total. The van der Waals surface area contributed by atoms with Crippen LogP contribution in [0.15, 0.2) is 54.7 Å². The standard InChI is InChI=1S/C22H25N3O/c1-24(2)22(26)17-7-5-6-16(12-17)18-10-11-25(14-18)15-19-13-23-21-9-4-3-8-20(19)21/h3-9,12-13,18,23H,10-11,14-15H2,1-2H3. The van der Waals surface area contributed by atoms with Crippen molar-refractivity contribution in [3.05, 3.63) is 71.4 Å². The number of benzene rings is 2. The van der Waals surface area contributed by atoms with Gasteiger partial charge < -0.3 is 9.88 Å². The number of fused-ring (bicyclic) bond motifs is 1. The molecule has 134 valence electrons. The number of carbonyl (C=O) groups is 1. The predicted molar refractivity (Wildman–Crippen MR) is 105 cm³/mol. The first-order valence-corrected chi connectivity index (χ1v) is 9.21. The van der Waals surface area contributed by atoms with E-state index in [0.717, 1.165) is 31.6 Å². The third kappa shape index (κ3) is 3.25. The number of hydrogen-bond acceptors (Lipinski definition) is 2. The van der Waals surface area contributed by atoms with E-state index in [1.165, 1.54) is 22.0 Å². The third-order valence-corrected chi connectivity index (χ3v) is 5.35. The fraction of sp³-hybridized carbons (Fsp3) is 0.318. The molecule has 3 aromatic rings. The number of aromatic nitrogens is 1. The van der Waals surface area contributed by atoms with Crippen LogP contribution in [0.25, 0.3) is 10.9 Å². The molecule has 0 spiro atoms. The van der Waals surface area contributed by atoms with E-state index in [-0.39, 0.29) is 5.91 Å². The van der Waals surface area contributed by atoms with Crippen LogP contribution in [-0.4, -0.2) is 47.9 Å². The van der Waals surface area contributed by atoms with Crippen molar-refractivity contribution in [3.63, 3.8) is 0 Å². The zero-order valence-corrected chi connectivity index (χ0v) is 15.4. The summed E-state index contributed by atoms with van der Waals surface area (Å²) < 4.78 is 0. The molecule has 26 heavy (non-hydrogen) atoms. The molecule has 1 aromatic heterocycles. The van der Waals surface area contributed by atoms with Crippen LogP contribution in [0.4, 0.5) is 0 Å². The van der Waals surface area contributed by atoms with E-state index in [0.29, 0.717) is 5.92 Å². The molecule has 4 rings (SSSR count). The topological polar surface area (TPSA) is 39.3 Å². The lowest BCUT2D eigenvalue weighted by atomic mass is 9.96. The van der Waals surface area contributed by atoms with Crippen molar-refractivity contribution >= 4 is 16.8 Å². The van der Waals surface area contributed by atoms with Crippen LogP contribution in [0.2, 0.25) is 0 Å². The van der Waals surface area contributed by atoms with Crippen molar-refractivity contribution in [2.45, 2.75) is 18.9 Å². The maximum Gasteiger partial charge on any atom is 0.253 e. The van der Waals surface area contributed by atoms with Crippen molar-refractivity contribution in [2.75, 3.05) is 27.2 Å². The highest BCUT2D eigenvalue weighted by molar-refractivity contribution is 5.94. The number of likely N-dealkylation sites (tertiary alicyclic amines) is 1. The highest BCUT2D eigenvalue weighted by Gasteiger charge is 2.25.